The number of hydrogen-bond acceptors (Lipinski definition) is 5. The second-order valence-corrected chi connectivity index (χ2v) is 8.68. The first kappa shape index (κ1) is 20.8. The third-order valence-electron chi connectivity index (χ3n) is 4.77. The highest BCUT2D eigenvalue weighted by molar-refractivity contribution is 7.92. The molecule has 2 aromatic carbocycles. The third-order valence-corrected chi connectivity index (χ3v) is 6.65. The van der Waals surface area contributed by atoms with Gasteiger partial charge in [0, 0.05) is 11.9 Å². The van der Waals surface area contributed by atoms with Crippen LogP contribution >= 0.6 is 24.0 Å². The maximum atomic E-state index is 12.8. The van der Waals surface area contributed by atoms with Crippen LogP contribution in [0.5, 0.6) is 0 Å². The Morgan fingerprint density at radius 2 is 1.96 bits per heavy atom. The minimum absolute atomic E-state index is 0. The van der Waals surface area contributed by atoms with Crippen molar-refractivity contribution in [3.8, 4) is 0 Å². The van der Waals surface area contributed by atoms with Gasteiger partial charge in [-0.25, -0.2) is 8.42 Å². The zero-order chi connectivity index (χ0) is 19.0. The minimum atomic E-state index is -3.82. The summed E-state index contributed by atoms with van der Waals surface area (Å²) in [6.07, 6.45) is 4.47. The van der Waals surface area contributed by atoms with Crippen LogP contribution in [-0.2, 0) is 10.0 Å². The number of halogens is 2. The first-order valence-electron chi connectivity index (χ1n) is 8.76. The predicted molar refractivity (Wildman–Crippen MR) is 115 cm³/mol. The van der Waals surface area contributed by atoms with Crippen molar-refractivity contribution >= 4 is 56.4 Å². The average Bonchev–Trinajstić information content (AvgIpc) is 3.10. The van der Waals surface area contributed by atoms with Crippen LogP contribution in [0.1, 0.15) is 19.3 Å². The molecule has 0 radical (unpaired) electrons. The molecule has 1 fully saturated rings. The SMILES string of the molecule is Cl.NC1CCCCN1c1cc(NS(=O)(=O)c2ccccc2Cl)cc2ccoc12. The Labute approximate surface area is 175 Å². The van der Waals surface area contributed by atoms with Crippen molar-refractivity contribution in [3.63, 3.8) is 0 Å². The highest BCUT2D eigenvalue weighted by atomic mass is 35.5. The highest BCUT2D eigenvalue weighted by Crippen LogP contribution is 2.35. The molecule has 9 heteroatoms. The molecular weight excluding hydrogens is 421 g/mol. The molecule has 0 saturated carbocycles. The van der Waals surface area contributed by atoms with Crippen LogP contribution in [0.2, 0.25) is 5.02 Å². The first-order chi connectivity index (χ1) is 13.0. The van der Waals surface area contributed by atoms with Gasteiger partial charge < -0.3 is 15.1 Å². The van der Waals surface area contributed by atoms with Crippen LogP contribution in [0.3, 0.4) is 0 Å². The van der Waals surface area contributed by atoms with Gasteiger partial charge in [-0.2, -0.15) is 0 Å². The van der Waals surface area contributed by atoms with Crippen molar-refractivity contribution in [1.29, 1.82) is 0 Å². The highest BCUT2D eigenvalue weighted by Gasteiger charge is 2.24. The molecule has 3 aromatic rings. The van der Waals surface area contributed by atoms with E-state index in [0.29, 0.717) is 11.3 Å². The summed E-state index contributed by atoms with van der Waals surface area (Å²) in [5, 5.41) is 0.981. The Balaban J connectivity index is 0.00000225. The quantitative estimate of drug-likeness (QED) is 0.617. The molecule has 28 heavy (non-hydrogen) atoms. The molecule has 2 heterocycles. The van der Waals surface area contributed by atoms with Crippen molar-refractivity contribution in [3.05, 3.63) is 53.8 Å². The van der Waals surface area contributed by atoms with E-state index in [1.54, 1.807) is 36.6 Å². The lowest BCUT2D eigenvalue weighted by atomic mass is 10.1. The van der Waals surface area contributed by atoms with Gasteiger partial charge in [-0.1, -0.05) is 23.7 Å². The molecule has 4 rings (SSSR count). The maximum absolute atomic E-state index is 12.8. The molecule has 0 amide bonds. The van der Waals surface area contributed by atoms with E-state index >= 15 is 0 Å². The van der Waals surface area contributed by atoms with Gasteiger partial charge in [-0.05, 0) is 49.6 Å². The number of benzene rings is 2. The molecule has 0 aliphatic carbocycles. The van der Waals surface area contributed by atoms with E-state index < -0.39 is 10.0 Å². The molecule has 0 bridgehead atoms. The smallest absolute Gasteiger partial charge is 0.263 e. The number of nitrogens with zero attached hydrogens (tertiary/aromatic N) is 1. The van der Waals surface area contributed by atoms with E-state index in [1.807, 2.05) is 6.07 Å². The van der Waals surface area contributed by atoms with E-state index in [2.05, 4.69) is 9.62 Å². The Morgan fingerprint density at radius 1 is 1.18 bits per heavy atom. The summed E-state index contributed by atoms with van der Waals surface area (Å²) >= 11 is 6.07. The lowest BCUT2D eigenvalue weighted by Crippen LogP contribution is -2.45. The molecule has 0 spiro atoms. The largest absolute Gasteiger partial charge is 0.462 e. The lowest BCUT2D eigenvalue weighted by molar-refractivity contribution is 0.468. The number of rotatable bonds is 4. The van der Waals surface area contributed by atoms with Gasteiger partial charge in [0.05, 0.1) is 28.8 Å². The number of nitrogens with two attached hydrogens (primary N) is 1. The number of furan rings is 1. The van der Waals surface area contributed by atoms with Gasteiger partial charge in [-0.3, -0.25) is 4.72 Å². The summed E-state index contributed by atoms with van der Waals surface area (Å²) in [4.78, 5) is 2.11. The second-order valence-electron chi connectivity index (χ2n) is 6.63. The molecule has 1 aromatic heterocycles. The van der Waals surface area contributed by atoms with Gasteiger partial charge in [0.25, 0.3) is 10.0 Å². The van der Waals surface area contributed by atoms with Crippen molar-refractivity contribution in [2.75, 3.05) is 16.2 Å². The van der Waals surface area contributed by atoms with Crippen LogP contribution in [0.4, 0.5) is 11.4 Å². The molecule has 1 atom stereocenters. The third kappa shape index (κ3) is 3.93. The van der Waals surface area contributed by atoms with Crippen LogP contribution in [0.15, 0.2) is 58.0 Å². The van der Waals surface area contributed by atoms with Crippen LogP contribution in [0.25, 0.3) is 11.0 Å². The monoisotopic (exact) mass is 441 g/mol. The Kier molecular flexibility index (Phi) is 6.09. The molecule has 1 unspecified atom stereocenters. The minimum Gasteiger partial charge on any atom is -0.462 e. The van der Waals surface area contributed by atoms with E-state index in [4.69, 9.17) is 21.8 Å². The fraction of sp³-hybridized carbons (Fsp3) is 0.263. The van der Waals surface area contributed by atoms with Gasteiger partial charge in [0.2, 0.25) is 0 Å². The van der Waals surface area contributed by atoms with Gasteiger partial charge in [0.15, 0.2) is 5.58 Å². The molecule has 6 nitrogen and oxygen atoms in total. The van der Waals surface area contributed by atoms with Gasteiger partial charge in [0.1, 0.15) is 4.90 Å². The number of nitrogens with one attached hydrogen (secondary N) is 1. The fourth-order valence-corrected chi connectivity index (χ4v) is 5.03. The standard InChI is InChI=1S/C19H20ClN3O3S.ClH/c20-15-5-1-2-6-17(15)27(24,25)22-14-11-13-8-10-26-19(13)16(12-14)23-9-4-3-7-18(23)21;/h1-2,5-6,8,10-12,18,22H,3-4,7,9,21H2;1H. The molecule has 1 aliphatic heterocycles. The Hall–Kier alpha value is -1.93. The molecule has 3 N–H and O–H groups in total. The summed E-state index contributed by atoms with van der Waals surface area (Å²) in [5.74, 6) is 0. The number of fused-ring (bicyclic) bond motifs is 1. The van der Waals surface area contributed by atoms with Crippen molar-refractivity contribution in [2.45, 2.75) is 30.3 Å². The molecule has 150 valence electrons. The van der Waals surface area contributed by atoms with Crippen molar-refractivity contribution in [2.24, 2.45) is 5.73 Å². The normalized spacial score (nSPS) is 17.4. The maximum Gasteiger partial charge on any atom is 0.263 e. The van der Waals surface area contributed by atoms with Crippen LogP contribution in [0, 0.1) is 0 Å². The lowest BCUT2D eigenvalue weighted by Gasteiger charge is -2.35. The average molecular weight is 442 g/mol. The number of hydrogen-bond donors (Lipinski definition) is 2. The zero-order valence-electron chi connectivity index (χ0n) is 15.0. The summed E-state index contributed by atoms with van der Waals surface area (Å²) in [6.45, 7) is 0.803. The summed E-state index contributed by atoms with van der Waals surface area (Å²) in [6, 6.07) is 11.7. The van der Waals surface area contributed by atoms with Gasteiger partial charge >= 0.3 is 0 Å². The fourth-order valence-electron chi connectivity index (χ4n) is 3.46. The van der Waals surface area contributed by atoms with Crippen LogP contribution < -0.4 is 15.4 Å². The number of piperidine rings is 1. The van der Waals surface area contributed by atoms with Crippen molar-refractivity contribution in [1.82, 2.24) is 0 Å². The Morgan fingerprint density at radius 3 is 2.71 bits per heavy atom. The Bertz CT molecular complexity index is 1080. The van der Waals surface area contributed by atoms with Crippen LogP contribution in [-0.4, -0.2) is 21.1 Å². The van der Waals surface area contributed by atoms with E-state index in [1.165, 1.54) is 6.07 Å². The van der Waals surface area contributed by atoms with Gasteiger partial charge in [-0.15, -0.1) is 12.4 Å². The second kappa shape index (κ2) is 8.21. The predicted octanol–water partition coefficient (Wildman–Crippen LogP) is 4.58. The van der Waals surface area contributed by atoms with E-state index in [9.17, 15) is 8.42 Å². The summed E-state index contributed by atoms with van der Waals surface area (Å²) < 4.78 is 33.9. The zero-order valence-corrected chi connectivity index (χ0v) is 17.4. The summed E-state index contributed by atoms with van der Waals surface area (Å²) in [7, 11) is -3.82. The van der Waals surface area contributed by atoms with Crippen molar-refractivity contribution < 1.29 is 12.8 Å². The first-order valence-corrected chi connectivity index (χ1v) is 10.6. The summed E-state index contributed by atoms with van der Waals surface area (Å²) in [5.41, 5.74) is 8.22. The molecule has 1 aliphatic rings. The molecule has 1 saturated heterocycles. The van der Waals surface area contributed by atoms with E-state index in [-0.39, 0.29) is 28.5 Å². The number of anilines is 2. The van der Waals surface area contributed by atoms with E-state index in [0.717, 1.165) is 36.9 Å². The topological polar surface area (TPSA) is 88.6 Å². The number of sulfonamides is 1. The molecular formula is C19H21Cl2N3O3S.